The topological polar surface area (TPSA) is 44.5 Å². The third-order valence-corrected chi connectivity index (χ3v) is 3.71. The van der Waals surface area contributed by atoms with Gasteiger partial charge in [0.05, 0.1) is 18.2 Å². The summed E-state index contributed by atoms with van der Waals surface area (Å²) in [6.45, 7) is 8.28. The molecule has 0 saturated carbocycles. The molecule has 0 amide bonds. The Morgan fingerprint density at radius 1 is 1.32 bits per heavy atom. The van der Waals surface area contributed by atoms with Gasteiger partial charge in [-0.1, -0.05) is 32.4 Å². The number of ether oxygens (including phenoxy) is 2. The van der Waals surface area contributed by atoms with Crippen LogP contribution in [0.5, 0.6) is 11.5 Å². The summed E-state index contributed by atoms with van der Waals surface area (Å²) in [5.41, 5.74) is 6.76. The maximum Gasteiger partial charge on any atom is 0.179 e. The predicted molar refractivity (Wildman–Crippen MR) is 78.3 cm³/mol. The van der Waals surface area contributed by atoms with Gasteiger partial charge in [0.1, 0.15) is 0 Å². The Labute approximate surface area is 120 Å². The van der Waals surface area contributed by atoms with Crippen molar-refractivity contribution in [3.05, 3.63) is 22.7 Å². The minimum absolute atomic E-state index is 0.00854. The van der Waals surface area contributed by atoms with Crippen LogP contribution in [0.2, 0.25) is 5.02 Å². The average molecular weight is 284 g/mol. The smallest absolute Gasteiger partial charge is 0.179 e. The van der Waals surface area contributed by atoms with E-state index < -0.39 is 0 Å². The van der Waals surface area contributed by atoms with E-state index in [1.807, 2.05) is 12.1 Å². The second kappa shape index (κ2) is 5.59. The third kappa shape index (κ3) is 3.34. The van der Waals surface area contributed by atoms with Gasteiger partial charge in [0.15, 0.2) is 11.5 Å². The fraction of sp³-hybridized carbons (Fsp3) is 0.600. The van der Waals surface area contributed by atoms with Crippen LogP contribution >= 0.6 is 11.6 Å². The maximum absolute atomic E-state index is 6.32. The van der Waals surface area contributed by atoms with Gasteiger partial charge in [-0.15, -0.1) is 0 Å². The molecule has 106 valence electrons. The van der Waals surface area contributed by atoms with Crippen molar-refractivity contribution in [2.75, 3.05) is 19.8 Å². The summed E-state index contributed by atoms with van der Waals surface area (Å²) < 4.78 is 11.7. The first kappa shape index (κ1) is 14.5. The van der Waals surface area contributed by atoms with E-state index in [2.05, 4.69) is 20.8 Å². The lowest BCUT2D eigenvalue weighted by Crippen LogP contribution is -2.26. The number of hydrogen-bond acceptors (Lipinski definition) is 3. The lowest BCUT2D eigenvalue weighted by atomic mass is 9.97. The zero-order valence-electron chi connectivity index (χ0n) is 11.8. The predicted octanol–water partition coefficient (Wildman–Crippen LogP) is 3.59. The molecule has 19 heavy (non-hydrogen) atoms. The van der Waals surface area contributed by atoms with E-state index in [1.165, 1.54) is 0 Å². The van der Waals surface area contributed by atoms with Crippen molar-refractivity contribution in [3.63, 3.8) is 0 Å². The highest BCUT2D eigenvalue weighted by molar-refractivity contribution is 6.32. The van der Waals surface area contributed by atoms with Gasteiger partial charge < -0.3 is 15.2 Å². The number of rotatable bonds is 3. The Kier molecular flexibility index (Phi) is 4.26. The van der Waals surface area contributed by atoms with E-state index in [0.717, 1.165) is 17.7 Å². The van der Waals surface area contributed by atoms with E-state index in [1.54, 1.807) is 0 Å². The standard InChI is InChI=1S/C15H22ClNO2/c1-10(4-5-17)11-6-12(16)14-13(7-11)18-8-15(2,3)9-19-14/h6-7,10H,4-5,8-9,17H2,1-3H3. The number of fused-ring (bicyclic) bond motifs is 1. The van der Waals surface area contributed by atoms with Gasteiger partial charge in [-0.25, -0.2) is 0 Å². The molecule has 1 heterocycles. The molecule has 3 nitrogen and oxygen atoms in total. The summed E-state index contributed by atoms with van der Waals surface area (Å²) in [4.78, 5) is 0. The summed E-state index contributed by atoms with van der Waals surface area (Å²) in [5, 5.41) is 0.620. The van der Waals surface area contributed by atoms with Crippen molar-refractivity contribution in [1.29, 1.82) is 0 Å². The summed E-state index contributed by atoms with van der Waals surface area (Å²) >= 11 is 6.32. The second-order valence-corrected chi connectivity index (χ2v) is 6.46. The molecule has 1 aromatic rings. The van der Waals surface area contributed by atoms with Crippen molar-refractivity contribution < 1.29 is 9.47 Å². The Balaban J connectivity index is 2.31. The second-order valence-electron chi connectivity index (χ2n) is 6.05. The molecule has 2 N–H and O–H groups in total. The zero-order chi connectivity index (χ0) is 14.0. The molecular weight excluding hydrogens is 262 g/mol. The van der Waals surface area contributed by atoms with Gasteiger partial charge in [-0.2, -0.15) is 0 Å². The minimum Gasteiger partial charge on any atom is -0.489 e. The molecule has 0 aliphatic carbocycles. The fourth-order valence-corrected chi connectivity index (χ4v) is 2.39. The molecule has 1 atom stereocenters. The summed E-state index contributed by atoms with van der Waals surface area (Å²) in [7, 11) is 0. The quantitative estimate of drug-likeness (QED) is 0.922. The van der Waals surface area contributed by atoms with Crippen LogP contribution in [0.1, 0.15) is 38.7 Å². The fourth-order valence-electron chi connectivity index (χ4n) is 2.12. The van der Waals surface area contributed by atoms with Crippen molar-refractivity contribution in [2.24, 2.45) is 11.1 Å². The highest BCUT2D eigenvalue weighted by Gasteiger charge is 2.27. The Bertz CT molecular complexity index is 460. The summed E-state index contributed by atoms with van der Waals surface area (Å²) in [5.74, 6) is 1.78. The van der Waals surface area contributed by atoms with Crippen LogP contribution in [0.15, 0.2) is 12.1 Å². The molecule has 1 unspecified atom stereocenters. The molecule has 0 radical (unpaired) electrons. The summed E-state index contributed by atoms with van der Waals surface area (Å²) in [6.07, 6.45) is 0.932. The van der Waals surface area contributed by atoms with Gasteiger partial charge in [0.2, 0.25) is 0 Å². The molecule has 0 fully saturated rings. The van der Waals surface area contributed by atoms with Crippen molar-refractivity contribution in [3.8, 4) is 11.5 Å². The van der Waals surface area contributed by atoms with Gasteiger partial charge in [0.25, 0.3) is 0 Å². The molecule has 1 aliphatic heterocycles. The first-order chi connectivity index (χ1) is 8.93. The first-order valence-corrected chi connectivity index (χ1v) is 7.10. The van der Waals surface area contributed by atoms with E-state index in [4.69, 9.17) is 26.8 Å². The van der Waals surface area contributed by atoms with Crippen molar-refractivity contribution in [2.45, 2.75) is 33.1 Å². The third-order valence-electron chi connectivity index (χ3n) is 3.43. The van der Waals surface area contributed by atoms with Crippen molar-refractivity contribution in [1.82, 2.24) is 0 Å². The van der Waals surface area contributed by atoms with Crippen LogP contribution < -0.4 is 15.2 Å². The van der Waals surface area contributed by atoms with Crippen LogP contribution in [0.4, 0.5) is 0 Å². The molecule has 1 aliphatic rings. The number of benzene rings is 1. The van der Waals surface area contributed by atoms with Crippen LogP contribution in [0.3, 0.4) is 0 Å². The largest absolute Gasteiger partial charge is 0.489 e. The monoisotopic (exact) mass is 283 g/mol. The first-order valence-electron chi connectivity index (χ1n) is 6.72. The molecule has 2 rings (SSSR count). The zero-order valence-corrected chi connectivity index (χ0v) is 12.6. The number of halogens is 1. The Hall–Kier alpha value is -0.930. The van der Waals surface area contributed by atoms with E-state index in [9.17, 15) is 0 Å². The molecule has 0 spiro atoms. The average Bonchev–Trinajstić information content (AvgIpc) is 2.49. The van der Waals surface area contributed by atoms with Crippen LogP contribution in [0, 0.1) is 5.41 Å². The molecule has 0 bridgehead atoms. The molecule has 0 aromatic heterocycles. The van der Waals surface area contributed by atoms with Crippen molar-refractivity contribution >= 4 is 11.6 Å². The highest BCUT2D eigenvalue weighted by Crippen LogP contribution is 2.41. The normalized spacial score (nSPS) is 18.8. The molecular formula is C15H22ClNO2. The molecule has 4 heteroatoms. The van der Waals surface area contributed by atoms with Gasteiger partial charge >= 0.3 is 0 Å². The number of hydrogen-bond donors (Lipinski definition) is 1. The Morgan fingerprint density at radius 3 is 2.68 bits per heavy atom. The Morgan fingerprint density at radius 2 is 2.00 bits per heavy atom. The lowest BCUT2D eigenvalue weighted by Gasteiger charge is -2.19. The van der Waals surface area contributed by atoms with Crippen LogP contribution in [-0.4, -0.2) is 19.8 Å². The molecule has 0 saturated heterocycles. The van der Waals surface area contributed by atoms with Gasteiger partial charge in [0, 0.05) is 5.41 Å². The maximum atomic E-state index is 6.32. The summed E-state index contributed by atoms with van der Waals surface area (Å²) in [6, 6.07) is 3.99. The number of nitrogens with two attached hydrogens (primary N) is 1. The highest BCUT2D eigenvalue weighted by atomic mass is 35.5. The molecule has 1 aromatic carbocycles. The minimum atomic E-state index is -0.00854. The SMILES string of the molecule is CC(CCN)c1cc(Cl)c2c(c1)OCC(C)(C)CO2. The van der Waals surface area contributed by atoms with Gasteiger partial charge in [-0.05, 0) is 36.6 Å². The van der Waals surface area contributed by atoms with E-state index in [0.29, 0.717) is 36.4 Å². The van der Waals surface area contributed by atoms with E-state index >= 15 is 0 Å². The lowest BCUT2D eigenvalue weighted by molar-refractivity contribution is 0.140. The van der Waals surface area contributed by atoms with Crippen LogP contribution in [-0.2, 0) is 0 Å². The van der Waals surface area contributed by atoms with Gasteiger partial charge in [-0.3, -0.25) is 0 Å². The van der Waals surface area contributed by atoms with E-state index in [-0.39, 0.29) is 5.41 Å². The van der Waals surface area contributed by atoms with Crippen LogP contribution in [0.25, 0.3) is 0 Å².